The Kier molecular flexibility index (Phi) is 4.49. The molecule has 0 spiro atoms. The lowest BCUT2D eigenvalue weighted by atomic mass is 10.0. The summed E-state index contributed by atoms with van der Waals surface area (Å²) in [5.41, 5.74) is 2.26. The standard InChI is InChI=1S/C17H21N3O3S/c1-12(2)13-5-7-14(8-6-13)17(21)18-15-4-3-9-20-10-11-24(22,23)19-16(15)20/h3-9,12H,10-11H2,1-2H3,(H3,18,21,22,23)/p+1. The average Bonchev–Trinajstić information content (AvgIpc) is 2.55. The maximum atomic E-state index is 12.5. The summed E-state index contributed by atoms with van der Waals surface area (Å²) in [6.45, 7) is 4.69. The summed E-state index contributed by atoms with van der Waals surface area (Å²) >= 11 is 0. The zero-order chi connectivity index (χ0) is 17.3. The van der Waals surface area contributed by atoms with Gasteiger partial charge in [0.05, 0.1) is 6.20 Å². The second-order valence-electron chi connectivity index (χ2n) is 6.17. The van der Waals surface area contributed by atoms with E-state index in [1.54, 1.807) is 18.2 Å². The van der Waals surface area contributed by atoms with Gasteiger partial charge in [0, 0.05) is 5.56 Å². The number of nitrogens with zero attached hydrogens (tertiary/aromatic N) is 1. The molecule has 1 aromatic heterocycles. The maximum Gasteiger partial charge on any atom is 0.321 e. The molecule has 0 fully saturated rings. The lowest BCUT2D eigenvalue weighted by Crippen LogP contribution is -2.45. The van der Waals surface area contributed by atoms with E-state index >= 15 is 0 Å². The van der Waals surface area contributed by atoms with E-state index in [-0.39, 0.29) is 11.7 Å². The highest BCUT2D eigenvalue weighted by Gasteiger charge is 2.30. The highest BCUT2D eigenvalue weighted by molar-refractivity contribution is 8.25. The number of benzene rings is 1. The maximum absolute atomic E-state index is 12.5. The lowest BCUT2D eigenvalue weighted by molar-refractivity contribution is -0.679. The number of fused-ring (bicyclic) bond motifs is 1. The summed E-state index contributed by atoms with van der Waals surface area (Å²) in [7, 11) is -2.86. The van der Waals surface area contributed by atoms with E-state index in [0.717, 1.165) is 0 Å². The first-order chi connectivity index (χ1) is 11.4. The molecule has 2 heterocycles. The third-order valence-electron chi connectivity index (χ3n) is 4.04. The molecule has 1 aliphatic rings. The van der Waals surface area contributed by atoms with Gasteiger partial charge in [-0.2, -0.15) is 4.72 Å². The van der Waals surface area contributed by atoms with Gasteiger partial charge in [-0.15, -0.1) is 0 Å². The number of pyridine rings is 1. The Bertz CT molecular complexity index is 760. The number of anilines is 2. The number of hydrogen-bond acceptors (Lipinski definition) is 4. The van der Waals surface area contributed by atoms with Crippen LogP contribution >= 0.6 is 10.8 Å². The van der Waals surface area contributed by atoms with Crippen LogP contribution in [0.5, 0.6) is 0 Å². The van der Waals surface area contributed by atoms with Crippen LogP contribution in [-0.2, 0) is 6.54 Å². The number of aryl methyl sites for hydroxylation is 1. The first-order valence-corrected chi connectivity index (χ1v) is 9.55. The highest BCUT2D eigenvalue weighted by atomic mass is 32.3. The van der Waals surface area contributed by atoms with Crippen LogP contribution in [0.15, 0.2) is 42.6 Å². The van der Waals surface area contributed by atoms with Crippen LogP contribution in [0.25, 0.3) is 0 Å². The molecule has 0 saturated carbocycles. The van der Waals surface area contributed by atoms with Crippen LogP contribution in [0.2, 0.25) is 0 Å². The summed E-state index contributed by atoms with van der Waals surface area (Å²) < 4.78 is 24.3. The molecule has 3 rings (SSSR count). The molecule has 1 aliphatic heterocycles. The van der Waals surface area contributed by atoms with Crippen molar-refractivity contribution in [2.75, 3.05) is 15.8 Å². The monoisotopic (exact) mass is 348 g/mol. The van der Waals surface area contributed by atoms with Gasteiger partial charge in [0.1, 0.15) is 18.0 Å². The Morgan fingerprint density at radius 1 is 1.25 bits per heavy atom. The van der Waals surface area contributed by atoms with Gasteiger partial charge in [0.25, 0.3) is 5.91 Å². The van der Waals surface area contributed by atoms with Gasteiger partial charge in [-0.05, 0) is 35.7 Å². The molecular weight excluding hydrogens is 326 g/mol. The Morgan fingerprint density at radius 3 is 2.62 bits per heavy atom. The predicted molar refractivity (Wildman–Crippen MR) is 96.5 cm³/mol. The second kappa shape index (κ2) is 6.43. The first kappa shape index (κ1) is 16.8. The fraction of sp³-hybridized carbons (Fsp3) is 0.294. The van der Waals surface area contributed by atoms with Gasteiger partial charge in [-0.1, -0.05) is 36.8 Å². The molecule has 6 nitrogen and oxygen atoms in total. The van der Waals surface area contributed by atoms with Crippen molar-refractivity contribution in [1.29, 1.82) is 0 Å². The van der Waals surface area contributed by atoms with E-state index in [9.17, 15) is 13.9 Å². The van der Waals surface area contributed by atoms with Gasteiger partial charge in [-0.3, -0.25) is 13.9 Å². The van der Waals surface area contributed by atoms with Crippen LogP contribution in [-0.4, -0.2) is 20.8 Å². The zero-order valence-corrected chi connectivity index (χ0v) is 14.5. The van der Waals surface area contributed by atoms with Crippen molar-refractivity contribution in [3.8, 4) is 0 Å². The Morgan fingerprint density at radius 2 is 1.96 bits per heavy atom. The van der Waals surface area contributed by atoms with Crippen LogP contribution in [0.3, 0.4) is 0 Å². The number of nitrogens with one attached hydrogen (secondary N) is 2. The van der Waals surface area contributed by atoms with Crippen LogP contribution in [0.1, 0.15) is 35.7 Å². The molecule has 7 heteroatoms. The number of rotatable bonds is 3. The van der Waals surface area contributed by atoms with Gasteiger partial charge >= 0.3 is 5.82 Å². The van der Waals surface area contributed by atoms with Crippen molar-refractivity contribution in [1.82, 2.24) is 0 Å². The third kappa shape index (κ3) is 3.53. The van der Waals surface area contributed by atoms with Crippen LogP contribution < -0.4 is 14.6 Å². The fourth-order valence-electron chi connectivity index (χ4n) is 2.60. The minimum absolute atomic E-state index is 0.233. The quantitative estimate of drug-likeness (QED) is 0.640. The summed E-state index contributed by atoms with van der Waals surface area (Å²) in [6.07, 6.45) is 1.84. The molecule has 0 radical (unpaired) electrons. The smallest absolute Gasteiger partial charge is 0.315 e. The molecule has 2 aromatic rings. The summed E-state index contributed by atoms with van der Waals surface area (Å²) in [6, 6.07) is 11.1. The van der Waals surface area contributed by atoms with E-state index in [1.165, 1.54) is 5.56 Å². The Balaban J connectivity index is 1.82. The van der Waals surface area contributed by atoms with Crippen LogP contribution in [0, 0.1) is 0 Å². The summed E-state index contributed by atoms with van der Waals surface area (Å²) in [5, 5.41) is 2.84. The van der Waals surface area contributed by atoms with Gasteiger partial charge in [-0.25, -0.2) is 4.57 Å². The number of carbonyl (C=O) groups is 1. The molecule has 1 aromatic carbocycles. The van der Waals surface area contributed by atoms with E-state index in [0.29, 0.717) is 29.5 Å². The number of hydrogen-bond donors (Lipinski definition) is 4. The minimum atomic E-state index is -2.86. The van der Waals surface area contributed by atoms with Gasteiger partial charge in [0.15, 0.2) is 0 Å². The Labute approximate surface area is 143 Å². The van der Waals surface area contributed by atoms with Crippen molar-refractivity contribution in [3.05, 3.63) is 53.7 Å². The highest BCUT2D eigenvalue weighted by Crippen LogP contribution is 2.41. The van der Waals surface area contributed by atoms with Crippen molar-refractivity contribution in [3.63, 3.8) is 0 Å². The van der Waals surface area contributed by atoms with E-state index in [4.69, 9.17) is 0 Å². The molecular formula is C17H22N3O3S+. The van der Waals surface area contributed by atoms with Gasteiger partial charge < -0.3 is 5.32 Å². The largest absolute Gasteiger partial charge is 0.321 e. The second-order valence-corrected chi connectivity index (χ2v) is 8.11. The molecule has 0 aliphatic carbocycles. The topological polar surface area (TPSA) is 85.5 Å². The number of carbonyl (C=O) groups excluding carboxylic acids is 1. The number of aromatic nitrogens is 1. The van der Waals surface area contributed by atoms with Crippen molar-refractivity contribution in [2.24, 2.45) is 0 Å². The average molecular weight is 348 g/mol. The van der Waals surface area contributed by atoms with E-state index in [2.05, 4.69) is 23.9 Å². The zero-order valence-electron chi connectivity index (χ0n) is 13.7. The predicted octanol–water partition coefficient (Wildman–Crippen LogP) is 3.44. The Hall–Kier alpha value is -2.09. The molecule has 128 valence electrons. The van der Waals surface area contributed by atoms with Crippen molar-refractivity contribution in [2.45, 2.75) is 26.3 Å². The first-order valence-electron chi connectivity index (χ1n) is 7.83. The van der Waals surface area contributed by atoms with E-state index in [1.807, 2.05) is 29.0 Å². The molecule has 0 unspecified atom stereocenters. The fourth-order valence-corrected chi connectivity index (χ4v) is 3.69. The minimum Gasteiger partial charge on any atom is -0.315 e. The van der Waals surface area contributed by atoms with Crippen molar-refractivity contribution < 1.29 is 18.5 Å². The molecule has 0 bridgehead atoms. The normalized spacial score (nSPS) is 16.9. The lowest BCUT2D eigenvalue weighted by Gasteiger charge is -2.32. The molecule has 0 atom stereocenters. The molecule has 1 amide bonds. The third-order valence-corrected chi connectivity index (χ3v) is 5.31. The molecule has 24 heavy (non-hydrogen) atoms. The van der Waals surface area contributed by atoms with Gasteiger partial charge in [0.2, 0.25) is 0 Å². The molecule has 0 saturated heterocycles. The number of amides is 1. The summed E-state index contributed by atoms with van der Waals surface area (Å²) in [5.74, 6) is 0.937. The summed E-state index contributed by atoms with van der Waals surface area (Å²) in [4.78, 5) is 12.5. The van der Waals surface area contributed by atoms with Crippen LogP contribution in [0.4, 0.5) is 11.5 Å². The SMILES string of the molecule is CC(C)c1ccc(C(=O)Nc2ccc[n+]3c2NS(O)(O)CC3)cc1. The van der Waals surface area contributed by atoms with Crippen molar-refractivity contribution >= 4 is 28.2 Å². The van der Waals surface area contributed by atoms with E-state index < -0.39 is 10.8 Å². The molecule has 4 N–H and O–H groups in total.